The van der Waals surface area contributed by atoms with E-state index in [-0.39, 0.29) is 6.10 Å². The van der Waals surface area contributed by atoms with Gasteiger partial charge in [0.2, 0.25) is 0 Å². The van der Waals surface area contributed by atoms with Crippen LogP contribution in [0.3, 0.4) is 0 Å². The predicted molar refractivity (Wildman–Crippen MR) is 85.7 cm³/mol. The van der Waals surface area contributed by atoms with Gasteiger partial charge in [0.15, 0.2) is 0 Å². The molecule has 0 unspecified atom stereocenters. The van der Waals surface area contributed by atoms with E-state index in [2.05, 4.69) is 19.9 Å². The molecule has 118 valence electrons. The molecular formula is C19H31NO. The Morgan fingerprint density at radius 3 is 2.71 bits per heavy atom. The molecule has 0 aromatic heterocycles. The lowest BCUT2D eigenvalue weighted by molar-refractivity contribution is -0.0401. The zero-order chi connectivity index (χ0) is 14.8. The minimum Gasteiger partial charge on any atom is -0.393 e. The average molecular weight is 289 g/mol. The van der Waals surface area contributed by atoms with Gasteiger partial charge in [-0.05, 0) is 80.0 Å². The van der Waals surface area contributed by atoms with Crippen LogP contribution in [-0.4, -0.2) is 17.3 Å². The number of hydrogen-bond donors (Lipinski definition) is 2. The van der Waals surface area contributed by atoms with Crippen molar-refractivity contribution < 1.29 is 5.11 Å². The summed E-state index contributed by atoms with van der Waals surface area (Å²) >= 11 is 0. The van der Waals surface area contributed by atoms with E-state index in [1.165, 1.54) is 38.5 Å². The standard InChI is InChI=1S/C19H31NO/c1-18-9-7-13(21)11-12(18)3-4-14-15-5-6-17(20)19(15,2)10-8-16(14)18/h3,13-17,21H,4-11,20H2,1-2H3/t13-,14+,15-,16+,17-,18-,19-/m0/s1. The van der Waals surface area contributed by atoms with Crippen LogP contribution in [0.4, 0.5) is 0 Å². The quantitative estimate of drug-likeness (QED) is 0.669. The monoisotopic (exact) mass is 289 g/mol. The SMILES string of the molecule is C[C@]12CC[C@@H]3[C@H](CC=C4C[C@@H](O)CC[C@@]43C)[C@@H]1CC[C@@H]2N. The molecule has 0 aliphatic heterocycles. The molecule has 0 bridgehead atoms. The molecule has 21 heavy (non-hydrogen) atoms. The maximum atomic E-state index is 10.0. The normalized spacial score (nSPS) is 56.2. The van der Waals surface area contributed by atoms with Crippen molar-refractivity contribution in [3.05, 3.63) is 11.6 Å². The Hall–Kier alpha value is -0.340. The highest BCUT2D eigenvalue weighted by Crippen LogP contribution is 2.64. The maximum absolute atomic E-state index is 10.0. The highest BCUT2D eigenvalue weighted by atomic mass is 16.3. The highest BCUT2D eigenvalue weighted by molar-refractivity contribution is 5.25. The summed E-state index contributed by atoms with van der Waals surface area (Å²) in [5.74, 6) is 2.53. The molecule has 0 aromatic rings. The Morgan fingerprint density at radius 1 is 1.10 bits per heavy atom. The first-order chi connectivity index (χ1) is 9.95. The smallest absolute Gasteiger partial charge is 0.0577 e. The molecule has 0 heterocycles. The summed E-state index contributed by atoms with van der Waals surface area (Å²) in [7, 11) is 0. The van der Waals surface area contributed by atoms with Crippen molar-refractivity contribution in [2.24, 2.45) is 34.3 Å². The summed E-state index contributed by atoms with van der Waals surface area (Å²) < 4.78 is 0. The topological polar surface area (TPSA) is 46.2 Å². The van der Waals surface area contributed by atoms with Gasteiger partial charge in [0.1, 0.15) is 0 Å². The number of aliphatic hydroxyl groups excluding tert-OH is 1. The predicted octanol–water partition coefficient (Wildman–Crippen LogP) is 3.64. The van der Waals surface area contributed by atoms with Gasteiger partial charge in [0.25, 0.3) is 0 Å². The lowest BCUT2D eigenvalue weighted by atomic mass is 9.48. The molecule has 0 aromatic carbocycles. The number of rotatable bonds is 0. The fourth-order valence-corrected chi connectivity index (χ4v) is 6.68. The van der Waals surface area contributed by atoms with Gasteiger partial charge >= 0.3 is 0 Å². The van der Waals surface area contributed by atoms with E-state index in [1.54, 1.807) is 5.57 Å². The number of nitrogens with two attached hydrogens (primary N) is 1. The van der Waals surface area contributed by atoms with Crippen LogP contribution < -0.4 is 5.73 Å². The molecule has 0 amide bonds. The average Bonchev–Trinajstić information content (AvgIpc) is 2.76. The summed E-state index contributed by atoms with van der Waals surface area (Å²) in [6, 6.07) is 0.426. The molecular weight excluding hydrogens is 258 g/mol. The fraction of sp³-hybridized carbons (Fsp3) is 0.895. The van der Waals surface area contributed by atoms with Crippen LogP contribution in [0.25, 0.3) is 0 Å². The van der Waals surface area contributed by atoms with E-state index in [9.17, 15) is 5.11 Å². The van der Waals surface area contributed by atoms with Crippen molar-refractivity contribution in [3.8, 4) is 0 Å². The lowest BCUT2D eigenvalue weighted by Gasteiger charge is -2.57. The van der Waals surface area contributed by atoms with Crippen molar-refractivity contribution >= 4 is 0 Å². The Balaban J connectivity index is 1.68. The van der Waals surface area contributed by atoms with E-state index in [1.807, 2.05) is 0 Å². The first kappa shape index (κ1) is 14.3. The third-order valence-electron chi connectivity index (χ3n) is 8.15. The number of allylic oxidation sites excluding steroid dienone is 1. The number of fused-ring (bicyclic) bond motifs is 5. The Labute approximate surface area is 129 Å². The second-order valence-electron chi connectivity index (χ2n) is 8.88. The first-order valence-corrected chi connectivity index (χ1v) is 9.08. The van der Waals surface area contributed by atoms with E-state index in [0.717, 1.165) is 30.6 Å². The molecule has 3 N–H and O–H groups in total. The lowest BCUT2D eigenvalue weighted by Crippen LogP contribution is -2.52. The Bertz CT molecular complexity index is 472. The van der Waals surface area contributed by atoms with Gasteiger partial charge in [0, 0.05) is 6.04 Å². The van der Waals surface area contributed by atoms with Crippen molar-refractivity contribution in [3.63, 3.8) is 0 Å². The molecule has 7 atom stereocenters. The summed E-state index contributed by atoms with van der Waals surface area (Å²) in [6.07, 6.45) is 12.1. The molecule has 4 rings (SSSR count). The molecule has 3 fully saturated rings. The first-order valence-electron chi connectivity index (χ1n) is 9.08. The van der Waals surface area contributed by atoms with Gasteiger partial charge < -0.3 is 10.8 Å². The summed E-state index contributed by atoms with van der Waals surface area (Å²) in [6.45, 7) is 4.97. The third kappa shape index (κ3) is 1.84. The van der Waals surface area contributed by atoms with Gasteiger partial charge in [-0.2, -0.15) is 0 Å². The Morgan fingerprint density at radius 2 is 1.90 bits per heavy atom. The largest absolute Gasteiger partial charge is 0.393 e. The molecule has 3 saturated carbocycles. The van der Waals surface area contributed by atoms with Gasteiger partial charge in [0.05, 0.1) is 6.10 Å². The minimum atomic E-state index is -0.0883. The molecule has 0 spiro atoms. The van der Waals surface area contributed by atoms with Crippen molar-refractivity contribution in [1.29, 1.82) is 0 Å². The molecule has 0 saturated heterocycles. The number of hydrogen-bond acceptors (Lipinski definition) is 2. The summed E-state index contributed by atoms with van der Waals surface area (Å²) in [5, 5.41) is 10.0. The van der Waals surface area contributed by atoms with Crippen LogP contribution in [0.1, 0.15) is 65.2 Å². The van der Waals surface area contributed by atoms with Gasteiger partial charge in [-0.15, -0.1) is 0 Å². The van der Waals surface area contributed by atoms with Crippen LogP contribution >= 0.6 is 0 Å². The van der Waals surface area contributed by atoms with E-state index in [4.69, 9.17) is 5.73 Å². The van der Waals surface area contributed by atoms with Gasteiger partial charge in [-0.1, -0.05) is 25.5 Å². The van der Waals surface area contributed by atoms with Crippen molar-refractivity contribution in [2.75, 3.05) is 0 Å². The summed E-state index contributed by atoms with van der Waals surface area (Å²) in [4.78, 5) is 0. The van der Waals surface area contributed by atoms with Crippen LogP contribution in [0, 0.1) is 28.6 Å². The second-order valence-corrected chi connectivity index (χ2v) is 8.88. The van der Waals surface area contributed by atoms with Crippen LogP contribution in [0.2, 0.25) is 0 Å². The zero-order valence-corrected chi connectivity index (χ0v) is 13.6. The van der Waals surface area contributed by atoms with E-state index >= 15 is 0 Å². The molecule has 0 radical (unpaired) electrons. The van der Waals surface area contributed by atoms with E-state index < -0.39 is 0 Å². The van der Waals surface area contributed by atoms with Crippen molar-refractivity contribution in [2.45, 2.75) is 77.4 Å². The molecule has 2 heteroatoms. The van der Waals surface area contributed by atoms with Crippen LogP contribution in [0.5, 0.6) is 0 Å². The number of aliphatic hydroxyl groups is 1. The van der Waals surface area contributed by atoms with E-state index in [0.29, 0.717) is 16.9 Å². The summed E-state index contributed by atoms with van der Waals surface area (Å²) in [5.41, 5.74) is 8.83. The third-order valence-corrected chi connectivity index (χ3v) is 8.15. The molecule has 4 aliphatic carbocycles. The van der Waals surface area contributed by atoms with Crippen molar-refractivity contribution in [1.82, 2.24) is 0 Å². The molecule has 4 aliphatic rings. The minimum absolute atomic E-state index is 0.0883. The fourth-order valence-electron chi connectivity index (χ4n) is 6.68. The van der Waals surface area contributed by atoms with Crippen LogP contribution in [-0.2, 0) is 0 Å². The van der Waals surface area contributed by atoms with Crippen LogP contribution in [0.15, 0.2) is 11.6 Å². The molecule has 2 nitrogen and oxygen atoms in total. The van der Waals surface area contributed by atoms with Gasteiger partial charge in [-0.3, -0.25) is 0 Å². The van der Waals surface area contributed by atoms with Gasteiger partial charge in [-0.25, -0.2) is 0 Å². The highest BCUT2D eigenvalue weighted by Gasteiger charge is 2.57. The zero-order valence-electron chi connectivity index (χ0n) is 13.6. The second kappa shape index (κ2) is 4.58. The maximum Gasteiger partial charge on any atom is 0.0577 e. The Kier molecular flexibility index (Phi) is 3.11.